The van der Waals surface area contributed by atoms with Gasteiger partial charge in [0.1, 0.15) is 0 Å². The fourth-order valence-corrected chi connectivity index (χ4v) is 2.63. The molecule has 1 N–H and O–H groups in total. The zero-order valence-electron chi connectivity index (χ0n) is 11.6. The maximum atomic E-state index is 5.26. The van der Waals surface area contributed by atoms with Gasteiger partial charge in [0.2, 0.25) is 11.7 Å². The maximum absolute atomic E-state index is 5.26. The molecule has 0 radical (unpaired) electrons. The Bertz CT molecular complexity index is 632. The third-order valence-corrected chi connectivity index (χ3v) is 3.90. The van der Waals surface area contributed by atoms with Crippen LogP contribution in [0.15, 0.2) is 40.5 Å². The van der Waals surface area contributed by atoms with Gasteiger partial charge in [-0.05, 0) is 30.5 Å². The van der Waals surface area contributed by atoms with E-state index in [4.69, 9.17) is 4.52 Å². The Morgan fingerprint density at radius 2 is 2.29 bits per heavy atom. The van der Waals surface area contributed by atoms with Gasteiger partial charge in [-0.2, -0.15) is 10.1 Å². The van der Waals surface area contributed by atoms with Gasteiger partial charge >= 0.3 is 0 Å². The van der Waals surface area contributed by atoms with Gasteiger partial charge in [0.15, 0.2) is 0 Å². The van der Waals surface area contributed by atoms with Crippen molar-refractivity contribution in [2.24, 2.45) is 0 Å². The summed E-state index contributed by atoms with van der Waals surface area (Å²) in [5.41, 5.74) is 0. The van der Waals surface area contributed by atoms with Gasteiger partial charge in [-0.3, -0.25) is 4.68 Å². The standard InChI is InChI=1S/C14H17N5OS/c1(6-15-8-10-19-9-3-7-16-19)5-13-17-14(18-20-13)12-4-2-11-21-12/h2-4,7,9,11,15H,1,5-6,8,10H2. The van der Waals surface area contributed by atoms with Crippen LogP contribution < -0.4 is 5.32 Å². The van der Waals surface area contributed by atoms with Gasteiger partial charge in [0, 0.05) is 25.4 Å². The minimum absolute atomic E-state index is 0.687. The Morgan fingerprint density at radius 1 is 1.29 bits per heavy atom. The van der Waals surface area contributed by atoms with Gasteiger partial charge in [-0.25, -0.2) is 0 Å². The SMILES string of the molecule is c1csc(-c2noc(CCCNCCn3cccn3)n2)c1. The molecular formula is C14H17N5OS. The van der Waals surface area contributed by atoms with E-state index in [2.05, 4.69) is 20.6 Å². The molecule has 0 amide bonds. The van der Waals surface area contributed by atoms with E-state index in [1.807, 2.05) is 34.5 Å². The summed E-state index contributed by atoms with van der Waals surface area (Å²) in [5, 5.41) is 13.5. The summed E-state index contributed by atoms with van der Waals surface area (Å²) in [7, 11) is 0. The first-order valence-electron chi connectivity index (χ1n) is 6.96. The lowest BCUT2D eigenvalue weighted by Gasteiger charge is -2.03. The highest BCUT2D eigenvalue weighted by molar-refractivity contribution is 7.13. The van der Waals surface area contributed by atoms with Crippen molar-refractivity contribution >= 4 is 11.3 Å². The number of nitrogens with one attached hydrogen (secondary N) is 1. The average molecular weight is 303 g/mol. The topological polar surface area (TPSA) is 68.8 Å². The number of nitrogens with zero attached hydrogens (tertiary/aromatic N) is 4. The molecule has 0 spiro atoms. The van der Waals surface area contributed by atoms with Crippen LogP contribution in [0, 0.1) is 0 Å². The third-order valence-electron chi connectivity index (χ3n) is 3.03. The van der Waals surface area contributed by atoms with Gasteiger partial charge in [-0.15, -0.1) is 11.3 Å². The molecule has 3 rings (SSSR count). The predicted octanol–water partition coefficient (Wildman–Crippen LogP) is 2.22. The number of aryl methyl sites for hydroxylation is 1. The first-order valence-corrected chi connectivity index (χ1v) is 7.84. The number of hydrogen-bond acceptors (Lipinski definition) is 6. The van der Waals surface area contributed by atoms with Crippen molar-refractivity contribution in [3.63, 3.8) is 0 Å². The highest BCUT2D eigenvalue weighted by Crippen LogP contribution is 2.21. The lowest BCUT2D eigenvalue weighted by Crippen LogP contribution is -2.21. The van der Waals surface area contributed by atoms with Crippen LogP contribution in [0.1, 0.15) is 12.3 Å². The summed E-state index contributed by atoms with van der Waals surface area (Å²) in [4.78, 5) is 5.45. The van der Waals surface area contributed by atoms with Gasteiger partial charge in [0.05, 0.1) is 11.4 Å². The second-order valence-corrected chi connectivity index (χ2v) is 5.56. The molecule has 0 aliphatic heterocycles. The summed E-state index contributed by atoms with van der Waals surface area (Å²) in [5.74, 6) is 1.39. The van der Waals surface area contributed by atoms with Crippen molar-refractivity contribution < 1.29 is 4.52 Å². The van der Waals surface area contributed by atoms with E-state index in [0.29, 0.717) is 11.7 Å². The molecule has 0 saturated carbocycles. The Kier molecular flexibility index (Phi) is 4.75. The van der Waals surface area contributed by atoms with Crippen LogP contribution in [0.5, 0.6) is 0 Å². The fourth-order valence-electron chi connectivity index (χ4n) is 1.98. The molecular weight excluding hydrogens is 286 g/mol. The average Bonchev–Trinajstić information content (AvgIpc) is 3.23. The van der Waals surface area contributed by atoms with Crippen molar-refractivity contribution in [3.8, 4) is 10.7 Å². The lowest BCUT2D eigenvalue weighted by atomic mass is 10.3. The molecule has 3 aromatic rings. The second kappa shape index (κ2) is 7.14. The molecule has 3 aromatic heterocycles. The normalized spacial score (nSPS) is 11.0. The molecule has 0 saturated heterocycles. The minimum Gasteiger partial charge on any atom is -0.339 e. The molecule has 0 unspecified atom stereocenters. The zero-order valence-corrected chi connectivity index (χ0v) is 12.4. The largest absolute Gasteiger partial charge is 0.339 e. The van der Waals surface area contributed by atoms with E-state index in [0.717, 1.165) is 37.4 Å². The van der Waals surface area contributed by atoms with Crippen LogP contribution >= 0.6 is 11.3 Å². The van der Waals surface area contributed by atoms with Crippen LogP contribution in [0.4, 0.5) is 0 Å². The molecule has 7 heteroatoms. The predicted molar refractivity (Wildman–Crippen MR) is 81.0 cm³/mol. The Hall–Kier alpha value is -1.99. The maximum Gasteiger partial charge on any atom is 0.227 e. The van der Waals surface area contributed by atoms with Crippen molar-refractivity contribution in [2.75, 3.05) is 13.1 Å². The third kappa shape index (κ3) is 3.99. The summed E-state index contributed by atoms with van der Waals surface area (Å²) in [6, 6.07) is 5.91. The van der Waals surface area contributed by atoms with Crippen molar-refractivity contribution in [2.45, 2.75) is 19.4 Å². The van der Waals surface area contributed by atoms with E-state index in [9.17, 15) is 0 Å². The Labute approximate surface area is 126 Å². The van der Waals surface area contributed by atoms with Crippen LogP contribution in [0.2, 0.25) is 0 Å². The molecule has 0 atom stereocenters. The number of aromatic nitrogens is 4. The molecule has 3 heterocycles. The van der Waals surface area contributed by atoms with Crippen molar-refractivity contribution in [1.82, 2.24) is 25.2 Å². The quantitative estimate of drug-likeness (QED) is 0.646. The molecule has 0 bridgehead atoms. The molecule has 21 heavy (non-hydrogen) atoms. The zero-order chi connectivity index (χ0) is 14.3. The van der Waals surface area contributed by atoms with Crippen molar-refractivity contribution in [3.05, 3.63) is 41.9 Å². The Balaban J connectivity index is 1.34. The molecule has 6 nitrogen and oxygen atoms in total. The molecule has 0 aromatic carbocycles. The van der Waals surface area contributed by atoms with Crippen LogP contribution in [-0.4, -0.2) is 33.0 Å². The van der Waals surface area contributed by atoms with Crippen LogP contribution in [0.3, 0.4) is 0 Å². The van der Waals surface area contributed by atoms with Crippen LogP contribution in [0.25, 0.3) is 10.7 Å². The van der Waals surface area contributed by atoms with E-state index in [1.54, 1.807) is 17.5 Å². The van der Waals surface area contributed by atoms with Crippen LogP contribution in [-0.2, 0) is 13.0 Å². The minimum atomic E-state index is 0.687. The monoisotopic (exact) mass is 303 g/mol. The number of thiophene rings is 1. The smallest absolute Gasteiger partial charge is 0.227 e. The van der Waals surface area contributed by atoms with Gasteiger partial charge in [0.25, 0.3) is 0 Å². The first kappa shape index (κ1) is 14.0. The molecule has 110 valence electrons. The highest BCUT2D eigenvalue weighted by Gasteiger charge is 2.08. The summed E-state index contributed by atoms with van der Waals surface area (Å²) in [6.07, 6.45) is 5.53. The Morgan fingerprint density at radius 3 is 3.10 bits per heavy atom. The summed E-state index contributed by atoms with van der Waals surface area (Å²) >= 11 is 1.62. The van der Waals surface area contributed by atoms with E-state index < -0.39 is 0 Å². The molecule has 0 aliphatic rings. The van der Waals surface area contributed by atoms with Gasteiger partial charge in [-0.1, -0.05) is 11.2 Å². The number of hydrogen-bond donors (Lipinski definition) is 1. The van der Waals surface area contributed by atoms with E-state index in [-0.39, 0.29) is 0 Å². The second-order valence-electron chi connectivity index (χ2n) is 4.61. The van der Waals surface area contributed by atoms with E-state index >= 15 is 0 Å². The fraction of sp³-hybridized carbons (Fsp3) is 0.357. The highest BCUT2D eigenvalue weighted by atomic mass is 32.1. The van der Waals surface area contributed by atoms with Crippen molar-refractivity contribution in [1.29, 1.82) is 0 Å². The lowest BCUT2D eigenvalue weighted by molar-refractivity contribution is 0.374. The van der Waals surface area contributed by atoms with E-state index in [1.165, 1.54) is 0 Å². The first-order chi connectivity index (χ1) is 10.4. The summed E-state index contributed by atoms with van der Waals surface area (Å²) < 4.78 is 7.17. The summed E-state index contributed by atoms with van der Waals surface area (Å²) in [6.45, 7) is 2.72. The number of rotatable bonds is 8. The molecule has 0 aliphatic carbocycles. The van der Waals surface area contributed by atoms with Gasteiger partial charge < -0.3 is 9.84 Å². The molecule has 0 fully saturated rings.